The van der Waals surface area contributed by atoms with Gasteiger partial charge in [-0.25, -0.2) is 0 Å². The van der Waals surface area contributed by atoms with Gasteiger partial charge < -0.3 is 4.90 Å². The summed E-state index contributed by atoms with van der Waals surface area (Å²) < 4.78 is 0. The normalized spacial score (nSPS) is 34.9. The molecule has 2 fully saturated rings. The molecule has 1 saturated heterocycles. The van der Waals surface area contributed by atoms with Crippen LogP contribution in [0.25, 0.3) is 0 Å². The molecule has 0 aromatic rings. The van der Waals surface area contributed by atoms with Crippen molar-refractivity contribution in [3.8, 4) is 0 Å². The molecule has 1 saturated carbocycles. The van der Waals surface area contributed by atoms with Crippen molar-refractivity contribution in [2.24, 2.45) is 11.8 Å². The Morgan fingerprint density at radius 1 is 1.53 bits per heavy atom. The molecule has 0 aromatic heterocycles. The molecule has 0 bridgehead atoms. The molecule has 15 heavy (non-hydrogen) atoms. The van der Waals surface area contributed by atoms with Crippen LogP contribution in [-0.2, 0) is 4.79 Å². The van der Waals surface area contributed by atoms with E-state index in [0.717, 1.165) is 37.9 Å². The first-order valence-corrected chi connectivity index (χ1v) is 6.24. The molecule has 1 amide bonds. The van der Waals surface area contributed by atoms with Gasteiger partial charge in [-0.15, -0.1) is 0 Å². The highest BCUT2D eigenvalue weighted by molar-refractivity contribution is 5.83. The summed E-state index contributed by atoms with van der Waals surface area (Å²) in [4.78, 5) is 14.0. The Kier molecular flexibility index (Phi) is 3.29. The van der Waals surface area contributed by atoms with Gasteiger partial charge in [0.05, 0.1) is 12.7 Å². The van der Waals surface area contributed by atoms with Crippen molar-refractivity contribution in [3.05, 3.63) is 0 Å². The van der Waals surface area contributed by atoms with Crippen molar-refractivity contribution in [2.75, 3.05) is 13.2 Å². The van der Waals surface area contributed by atoms with Crippen LogP contribution in [0.2, 0.25) is 0 Å². The first kappa shape index (κ1) is 10.9. The van der Waals surface area contributed by atoms with E-state index in [-0.39, 0.29) is 6.04 Å². The van der Waals surface area contributed by atoms with Gasteiger partial charge in [0.1, 0.15) is 0 Å². The van der Waals surface area contributed by atoms with Gasteiger partial charge in [0.15, 0.2) is 0 Å². The number of hydrogen-bond acceptors (Lipinski definition) is 2. The molecule has 1 heterocycles. The topological polar surface area (TPSA) is 32.3 Å². The molecule has 0 radical (unpaired) electrons. The van der Waals surface area contributed by atoms with E-state index in [1.165, 1.54) is 12.8 Å². The SMILES string of the molecule is CCCCC1NCN(CC2CC2C)C1=O. The van der Waals surface area contributed by atoms with E-state index < -0.39 is 0 Å². The summed E-state index contributed by atoms with van der Waals surface area (Å²) >= 11 is 0. The van der Waals surface area contributed by atoms with Crippen molar-refractivity contribution in [3.63, 3.8) is 0 Å². The molecule has 1 aliphatic carbocycles. The lowest BCUT2D eigenvalue weighted by Crippen LogP contribution is -2.31. The maximum absolute atomic E-state index is 11.9. The van der Waals surface area contributed by atoms with Crippen LogP contribution in [0.1, 0.15) is 39.5 Å². The van der Waals surface area contributed by atoms with E-state index in [4.69, 9.17) is 0 Å². The molecule has 1 aliphatic heterocycles. The van der Waals surface area contributed by atoms with Crippen LogP contribution in [0, 0.1) is 11.8 Å². The summed E-state index contributed by atoms with van der Waals surface area (Å²) in [5.41, 5.74) is 0. The maximum atomic E-state index is 11.9. The second-order valence-electron chi connectivity index (χ2n) is 5.09. The highest BCUT2D eigenvalue weighted by Crippen LogP contribution is 2.38. The van der Waals surface area contributed by atoms with Gasteiger partial charge in [0.25, 0.3) is 0 Å². The molecular weight excluding hydrogens is 188 g/mol. The second kappa shape index (κ2) is 4.52. The van der Waals surface area contributed by atoms with Crippen LogP contribution in [0.5, 0.6) is 0 Å². The van der Waals surface area contributed by atoms with Crippen LogP contribution in [0.3, 0.4) is 0 Å². The molecule has 3 heteroatoms. The zero-order chi connectivity index (χ0) is 10.8. The molecule has 0 spiro atoms. The average molecular weight is 210 g/mol. The third-order valence-corrected chi connectivity index (χ3v) is 3.72. The Morgan fingerprint density at radius 3 is 2.87 bits per heavy atom. The number of nitrogens with one attached hydrogen (secondary N) is 1. The number of carbonyl (C=O) groups is 1. The number of nitrogens with zero attached hydrogens (tertiary/aromatic N) is 1. The highest BCUT2D eigenvalue weighted by atomic mass is 16.2. The number of amides is 1. The first-order chi connectivity index (χ1) is 7.22. The Bertz CT molecular complexity index is 242. The summed E-state index contributed by atoms with van der Waals surface area (Å²) in [5.74, 6) is 1.95. The lowest BCUT2D eigenvalue weighted by molar-refractivity contribution is -0.129. The van der Waals surface area contributed by atoms with Crippen molar-refractivity contribution >= 4 is 5.91 Å². The van der Waals surface area contributed by atoms with Crippen LogP contribution in [-0.4, -0.2) is 30.1 Å². The van der Waals surface area contributed by atoms with Gasteiger partial charge in [0.2, 0.25) is 5.91 Å². The van der Waals surface area contributed by atoms with E-state index >= 15 is 0 Å². The fourth-order valence-electron chi connectivity index (χ4n) is 2.33. The largest absolute Gasteiger partial charge is 0.328 e. The van der Waals surface area contributed by atoms with Gasteiger partial charge in [-0.2, -0.15) is 0 Å². The Hall–Kier alpha value is -0.570. The summed E-state index contributed by atoms with van der Waals surface area (Å²) in [5, 5.41) is 3.32. The van der Waals surface area contributed by atoms with Crippen LogP contribution < -0.4 is 5.32 Å². The van der Waals surface area contributed by atoms with Crippen LogP contribution in [0.4, 0.5) is 0 Å². The Labute approximate surface area is 92.2 Å². The van der Waals surface area contributed by atoms with Crippen LogP contribution >= 0.6 is 0 Å². The van der Waals surface area contributed by atoms with E-state index in [1.54, 1.807) is 0 Å². The molecule has 2 rings (SSSR count). The van der Waals surface area contributed by atoms with E-state index in [0.29, 0.717) is 5.91 Å². The molecular formula is C12H22N2O. The zero-order valence-electron chi connectivity index (χ0n) is 9.83. The van der Waals surface area contributed by atoms with Gasteiger partial charge in [0, 0.05) is 6.54 Å². The first-order valence-electron chi connectivity index (χ1n) is 6.24. The van der Waals surface area contributed by atoms with Crippen molar-refractivity contribution in [1.29, 1.82) is 0 Å². The predicted octanol–water partition coefficient (Wildman–Crippen LogP) is 1.59. The summed E-state index contributed by atoms with van der Waals surface area (Å²) in [7, 11) is 0. The average Bonchev–Trinajstić information content (AvgIpc) is 2.80. The maximum Gasteiger partial charge on any atom is 0.240 e. The van der Waals surface area contributed by atoms with Crippen molar-refractivity contribution in [1.82, 2.24) is 10.2 Å². The molecule has 3 unspecified atom stereocenters. The fourth-order valence-corrected chi connectivity index (χ4v) is 2.33. The lowest BCUT2D eigenvalue weighted by Gasteiger charge is -2.14. The van der Waals surface area contributed by atoms with Crippen LogP contribution in [0.15, 0.2) is 0 Å². The number of unbranched alkanes of at least 4 members (excludes halogenated alkanes) is 1. The number of rotatable bonds is 5. The fraction of sp³-hybridized carbons (Fsp3) is 0.917. The molecule has 0 aromatic carbocycles. The van der Waals surface area contributed by atoms with Crippen molar-refractivity contribution in [2.45, 2.75) is 45.6 Å². The van der Waals surface area contributed by atoms with Gasteiger partial charge >= 0.3 is 0 Å². The van der Waals surface area contributed by atoms with E-state index in [2.05, 4.69) is 19.2 Å². The number of hydrogen-bond donors (Lipinski definition) is 1. The quantitative estimate of drug-likeness (QED) is 0.747. The predicted molar refractivity (Wildman–Crippen MR) is 60.3 cm³/mol. The molecule has 3 nitrogen and oxygen atoms in total. The molecule has 3 atom stereocenters. The summed E-state index contributed by atoms with van der Waals surface area (Å²) in [6.07, 6.45) is 4.64. The Balaban J connectivity index is 1.76. The van der Waals surface area contributed by atoms with E-state index in [9.17, 15) is 4.79 Å². The van der Waals surface area contributed by atoms with Crippen molar-refractivity contribution < 1.29 is 4.79 Å². The third-order valence-electron chi connectivity index (χ3n) is 3.72. The minimum atomic E-state index is 0.110. The zero-order valence-corrected chi connectivity index (χ0v) is 9.83. The van der Waals surface area contributed by atoms with E-state index in [1.807, 2.05) is 4.90 Å². The Morgan fingerprint density at radius 2 is 2.27 bits per heavy atom. The highest BCUT2D eigenvalue weighted by Gasteiger charge is 2.38. The van der Waals surface area contributed by atoms with Gasteiger partial charge in [-0.05, 0) is 24.7 Å². The minimum absolute atomic E-state index is 0.110. The smallest absolute Gasteiger partial charge is 0.240 e. The molecule has 86 valence electrons. The molecule has 2 aliphatic rings. The third kappa shape index (κ3) is 2.51. The second-order valence-corrected chi connectivity index (χ2v) is 5.09. The summed E-state index contributed by atoms with van der Waals surface area (Å²) in [6, 6.07) is 0.110. The minimum Gasteiger partial charge on any atom is -0.328 e. The number of carbonyl (C=O) groups excluding carboxylic acids is 1. The lowest BCUT2D eigenvalue weighted by atomic mass is 10.1. The van der Waals surface area contributed by atoms with Gasteiger partial charge in [-0.1, -0.05) is 26.7 Å². The van der Waals surface area contributed by atoms with Gasteiger partial charge in [-0.3, -0.25) is 10.1 Å². The standard InChI is InChI=1S/C12H22N2O/c1-3-4-5-11-12(15)14(8-13-11)7-10-6-9(10)2/h9-11,13H,3-8H2,1-2H3. The molecule has 1 N–H and O–H groups in total. The monoisotopic (exact) mass is 210 g/mol. The summed E-state index contributed by atoms with van der Waals surface area (Å²) in [6.45, 7) is 6.20.